The van der Waals surface area contributed by atoms with Gasteiger partial charge in [0, 0.05) is 17.6 Å². The van der Waals surface area contributed by atoms with Crippen molar-refractivity contribution in [3.63, 3.8) is 0 Å². The fraction of sp³-hybridized carbons (Fsp3) is 0.136. The number of hydrogen-bond donors (Lipinski definition) is 1. The Morgan fingerprint density at radius 1 is 1.08 bits per heavy atom. The zero-order valence-electron chi connectivity index (χ0n) is 14.8. The molecule has 2 aromatic rings. The number of aldehydes is 1. The molecule has 26 heavy (non-hydrogen) atoms. The number of carbonyl (C=O) groups excluding carboxylic acids is 1. The first-order valence-electron chi connectivity index (χ1n) is 8.03. The second kappa shape index (κ2) is 7.91. The van der Waals surface area contributed by atoms with Crippen LogP contribution in [-0.2, 0) is 4.79 Å². The van der Waals surface area contributed by atoms with E-state index in [9.17, 15) is 18.7 Å². The number of halogens is 2. The summed E-state index contributed by atoms with van der Waals surface area (Å²) in [5.41, 5.74) is 3.99. The summed E-state index contributed by atoms with van der Waals surface area (Å²) in [6.07, 6.45) is 0.679. The summed E-state index contributed by atoms with van der Waals surface area (Å²) in [6.45, 7) is 11.5. The zero-order valence-corrected chi connectivity index (χ0v) is 14.8. The second-order valence-corrected chi connectivity index (χ2v) is 6.14. The summed E-state index contributed by atoms with van der Waals surface area (Å²) in [4.78, 5) is 11.0. The van der Waals surface area contributed by atoms with Gasteiger partial charge in [0.15, 0.2) is 11.6 Å². The van der Waals surface area contributed by atoms with Crippen LogP contribution in [0.25, 0.3) is 16.9 Å². The van der Waals surface area contributed by atoms with Crippen LogP contribution in [0.15, 0.2) is 55.1 Å². The fourth-order valence-corrected chi connectivity index (χ4v) is 2.63. The summed E-state index contributed by atoms with van der Waals surface area (Å²) in [5, 5.41) is 10.8. The van der Waals surface area contributed by atoms with Crippen LogP contribution in [0.5, 0.6) is 0 Å². The summed E-state index contributed by atoms with van der Waals surface area (Å²) >= 11 is 0. The van der Waals surface area contributed by atoms with Crippen LogP contribution >= 0.6 is 0 Å². The Morgan fingerprint density at radius 2 is 1.73 bits per heavy atom. The molecule has 0 saturated heterocycles. The highest BCUT2D eigenvalue weighted by molar-refractivity contribution is 5.97. The third-order valence-electron chi connectivity index (χ3n) is 4.11. The minimum Gasteiger partial charge on any atom is -0.507 e. The third-order valence-corrected chi connectivity index (χ3v) is 4.11. The monoisotopic (exact) mass is 354 g/mol. The van der Waals surface area contributed by atoms with E-state index in [4.69, 9.17) is 0 Å². The molecule has 134 valence electrons. The lowest BCUT2D eigenvalue weighted by Gasteiger charge is -2.17. The molecule has 0 heterocycles. The Kier molecular flexibility index (Phi) is 5.88. The van der Waals surface area contributed by atoms with Gasteiger partial charge in [-0.3, -0.25) is 0 Å². The predicted octanol–water partition coefficient (Wildman–Crippen LogP) is 5.88. The van der Waals surface area contributed by atoms with Gasteiger partial charge in [-0.15, -0.1) is 0 Å². The molecule has 2 rings (SSSR count). The first kappa shape index (κ1) is 19.3. The molecule has 0 radical (unpaired) electrons. The van der Waals surface area contributed by atoms with E-state index in [2.05, 4.69) is 13.2 Å². The van der Waals surface area contributed by atoms with Crippen molar-refractivity contribution in [1.82, 2.24) is 0 Å². The van der Waals surface area contributed by atoms with Gasteiger partial charge in [0.05, 0.1) is 0 Å². The van der Waals surface area contributed by atoms with Crippen molar-refractivity contribution in [2.24, 2.45) is 0 Å². The molecule has 2 nitrogen and oxygen atoms in total. The van der Waals surface area contributed by atoms with E-state index in [0.29, 0.717) is 23.0 Å². The van der Waals surface area contributed by atoms with Crippen molar-refractivity contribution >= 4 is 23.2 Å². The van der Waals surface area contributed by atoms with Crippen LogP contribution in [0.1, 0.15) is 35.6 Å². The Hall–Kier alpha value is -3.01. The number of aliphatic hydroxyl groups is 1. The van der Waals surface area contributed by atoms with E-state index >= 15 is 0 Å². The van der Waals surface area contributed by atoms with Crippen molar-refractivity contribution in [1.29, 1.82) is 0 Å². The average Bonchev–Trinajstić information content (AvgIpc) is 2.59. The number of aryl methyl sites for hydroxylation is 1. The van der Waals surface area contributed by atoms with E-state index in [0.717, 1.165) is 28.8 Å². The molecule has 1 N–H and O–H groups in total. The first-order chi connectivity index (χ1) is 12.3. The molecule has 0 amide bonds. The predicted molar refractivity (Wildman–Crippen MR) is 102 cm³/mol. The van der Waals surface area contributed by atoms with Crippen LogP contribution in [0.4, 0.5) is 8.78 Å². The van der Waals surface area contributed by atoms with Crippen LogP contribution in [0, 0.1) is 18.6 Å². The lowest BCUT2D eigenvalue weighted by atomic mass is 9.89. The van der Waals surface area contributed by atoms with Gasteiger partial charge >= 0.3 is 0 Å². The van der Waals surface area contributed by atoms with Gasteiger partial charge in [-0.2, -0.15) is 0 Å². The van der Waals surface area contributed by atoms with Gasteiger partial charge < -0.3 is 9.90 Å². The molecule has 0 fully saturated rings. The number of carbonyl (C=O) groups is 1. The number of rotatable bonds is 6. The summed E-state index contributed by atoms with van der Waals surface area (Å²) in [6, 6.07) is 8.73. The first-order valence-corrected chi connectivity index (χ1v) is 8.03. The summed E-state index contributed by atoms with van der Waals surface area (Å²) in [7, 11) is 0. The van der Waals surface area contributed by atoms with Crippen molar-refractivity contribution in [2.45, 2.75) is 20.3 Å². The van der Waals surface area contributed by atoms with Crippen molar-refractivity contribution in [3.8, 4) is 0 Å². The third kappa shape index (κ3) is 3.97. The van der Waals surface area contributed by atoms with Gasteiger partial charge in [-0.1, -0.05) is 30.9 Å². The molecular weight excluding hydrogens is 334 g/mol. The quantitative estimate of drug-likeness (QED) is 0.304. The largest absolute Gasteiger partial charge is 0.507 e. The van der Waals surface area contributed by atoms with E-state index in [1.54, 1.807) is 0 Å². The van der Waals surface area contributed by atoms with E-state index in [-0.39, 0.29) is 17.7 Å². The highest BCUT2D eigenvalue weighted by Gasteiger charge is 2.18. The number of benzene rings is 2. The van der Waals surface area contributed by atoms with Gasteiger partial charge in [0.2, 0.25) is 0 Å². The van der Waals surface area contributed by atoms with Crippen LogP contribution in [0.2, 0.25) is 0 Å². The highest BCUT2D eigenvalue weighted by atomic mass is 19.2. The minimum absolute atomic E-state index is 0.000189. The minimum atomic E-state index is -1.07. The molecule has 0 atom stereocenters. The van der Waals surface area contributed by atoms with E-state index in [1.165, 1.54) is 6.07 Å². The Labute approximate surface area is 151 Å². The molecule has 4 heteroatoms. The van der Waals surface area contributed by atoms with Crippen LogP contribution in [-0.4, -0.2) is 11.4 Å². The highest BCUT2D eigenvalue weighted by Crippen LogP contribution is 2.34. The van der Waals surface area contributed by atoms with Gasteiger partial charge in [-0.05, 0) is 60.4 Å². The van der Waals surface area contributed by atoms with Crippen molar-refractivity contribution < 1.29 is 18.7 Å². The van der Waals surface area contributed by atoms with Crippen LogP contribution in [0.3, 0.4) is 0 Å². The van der Waals surface area contributed by atoms with E-state index in [1.807, 2.05) is 32.0 Å². The van der Waals surface area contributed by atoms with Crippen LogP contribution < -0.4 is 0 Å². The standard InChI is InChI=1S/C22H20F2O2/c1-13(2)16-6-5-14(3)18(11-16)21(15(4)9-10-25)22(26)17-7-8-19(23)20(24)12-17/h5-8,10-12,26H,1,4,9H2,2-3H3/b22-21+. The molecule has 0 unspecified atom stereocenters. The normalized spacial score (nSPS) is 11.7. The lowest BCUT2D eigenvalue weighted by molar-refractivity contribution is -0.107. The van der Waals surface area contributed by atoms with Gasteiger partial charge in [0.25, 0.3) is 0 Å². The molecular formula is C22H20F2O2. The van der Waals surface area contributed by atoms with Crippen molar-refractivity contribution in [3.05, 3.63) is 89.0 Å². The number of hydrogen-bond acceptors (Lipinski definition) is 2. The molecule has 0 saturated carbocycles. The Bertz CT molecular complexity index is 924. The average molecular weight is 354 g/mol. The zero-order chi connectivity index (χ0) is 19.4. The number of allylic oxidation sites excluding steroid dienone is 3. The van der Waals surface area contributed by atoms with Crippen molar-refractivity contribution in [2.75, 3.05) is 0 Å². The Balaban J connectivity index is 2.76. The van der Waals surface area contributed by atoms with Gasteiger partial charge in [0.1, 0.15) is 12.0 Å². The summed E-state index contributed by atoms with van der Waals surface area (Å²) < 4.78 is 26.8. The summed E-state index contributed by atoms with van der Waals surface area (Å²) in [5.74, 6) is -2.34. The molecule has 0 aliphatic rings. The topological polar surface area (TPSA) is 37.3 Å². The molecule has 2 aromatic carbocycles. The number of aliphatic hydroxyl groups excluding tert-OH is 1. The maximum atomic E-state index is 13.6. The maximum absolute atomic E-state index is 13.6. The molecule has 0 aliphatic heterocycles. The fourth-order valence-electron chi connectivity index (χ4n) is 2.63. The van der Waals surface area contributed by atoms with Gasteiger partial charge in [-0.25, -0.2) is 8.78 Å². The smallest absolute Gasteiger partial charge is 0.159 e. The Morgan fingerprint density at radius 3 is 2.31 bits per heavy atom. The molecule has 0 spiro atoms. The second-order valence-electron chi connectivity index (χ2n) is 6.14. The lowest BCUT2D eigenvalue weighted by Crippen LogP contribution is -2.00. The van der Waals surface area contributed by atoms with E-state index < -0.39 is 11.6 Å². The maximum Gasteiger partial charge on any atom is 0.159 e. The molecule has 0 bridgehead atoms. The SMILES string of the molecule is C=C(CC=O)/C(=C(\O)c1ccc(F)c(F)c1)c1cc(C(=C)C)ccc1C. The molecule has 0 aromatic heterocycles. The molecule has 0 aliphatic carbocycles.